The molecule has 1 rings (SSSR count). The highest BCUT2D eigenvalue weighted by Gasteiger charge is 2.05. The Bertz CT molecular complexity index is 209. The molecule has 80 valence electrons. The molecule has 1 aromatic rings. The highest BCUT2D eigenvalue weighted by atomic mass is 17.0. The fraction of sp³-hybridized carbons (Fsp3) is 0.500. The summed E-state index contributed by atoms with van der Waals surface area (Å²) in [5, 5.41) is 12.0. The van der Waals surface area contributed by atoms with Crippen LogP contribution in [-0.2, 0) is 0 Å². The lowest BCUT2D eigenvalue weighted by Crippen LogP contribution is -1.95. The van der Waals surface area contributed by atoms with Gasteiger partial charge in [0.15, 0.2) is 0 Å². The van der Waals surface area contributed by atoms with Crippen molar-refractivity contribution in [3.05, 3.63) is 35.9 Å². The number of rotatable bonds is 4. The molecule has 0 saturated heterocycles. The van der Waals surface area contributed by atoms with E-state index in [4.69, 9.17) is 10.5 Å². The topological polar surface area (TPSA) is 40.5 Å². The lowest BCUT2D eigenvalue weighted by Gasteiger charge is -2.13. The molecule has 2 nitrogen and oxygen atoms in total. The summed E-state index contributed by atoms with van der Waals surface area (Å²) < 4.78 is 0. The molecule has 0 spiro atoms. The first-order valence-corrected chi connectivity index (χ1v) is 5.13. The van der Waals surface area contributed by atoms with E-state index in [9.17, 15) is 0 Å². The molecular weight excluding hydrogens is 176 g/mol. The van der Waals surface area contributed by atoms with E-state index in [1.807, 2.05) is 0 Å². The zero-order chi connectivity index (χ0) is 10.8. The van der Waals surface area contributed by atoms with Gasteiger partial charge in [0.2, 0.25) is 0 Å². The summed E-state index contributed by atoms with van der Waals surface area (Å²) in [7, 11) is 0. The van der Waals surface area contributed by atoms with Gasteiger partial charge in [0, 0.05) is 0 Å². The third kappa shape index (κ3) is 4.40. The van der Waals surface area contributed by atoms with E-state index in [2.05, 4.69) is 44.2 Å². The van der Waals surface area contributed by atoms with E-state index in [1.54, 1.807) is 0 Å². The van der Waals surface area contributed by atoms with Crippen LogP contribution in [0.2, 0.25) is 0 Å². The van der Waals surface area contributed by atoms with Crippen molar-refractivity contribution in [2.75, 3.05) is 0 Å². The fourth-order valence-corrected chi connectivity index (χ4v) is 1.68. The maximum atomic E-state index is 6.00. The molecular formula is C12H20O2. The minimum atomic E-state index is 0.774. The largest absolute Gasteiger partial charge is 0.255 e. The zero-order valence-corrected chi connectivity index (χ0v) is 8.98. The van der Waals surface area contributed by atoms with Gasteiger partial charge in [-0.1, -0.05) is 50.6 Å². The number of hydrogen-bond donors (Lipinski definition) is 2. The highest BCUT2D eigenvalue weighted by molar-refractivity contribution is 5.19. The average Bonchev–Trinajstić information content (AvgIpc) is 2.30. The molecule has 0 saturated carbocycles. The van der Waals surface area contributed by atoms with E-state index in [-0.39, 0.29) is 0 Å². The second-order valence-corrected chi connectivity index (χ2v) is 3.30. The third-order valence-corrected chi connectivity index (χ3v) is 2.40. The minimum Gasteiger partial charge on any atom is -0.255 e. The maximum Gasteiger partial charge on any atom is -0.0165 e. The zero-order valence-electron chi connectivity index (χ0n) is 8.98. The quantitative estimate of drug-likeness (QED) is 0.564. The monoisotopic (exact) mass is 196 g/mol. The van der Waals surface area contributed by atoms with Crippen molar-refractivity contribution in [3.63, 3.8) is 0 Å². The van der Waals surface area contributed by atoms with Crippen LogP contribution in [0.15, 0.2) is 30.3 Å². The molecule has 14 heavy (non-hydrogen) atoms. The Morgan fingerprint density at radius 3 is 2.07 bits per heavy atom. The predicted molar refractivity (Wildman–Crippen MR) is 59.6 cm³/mol. The van der Waals surface area contributed by atoms with Crippen molar-refractivity contribution in [2.45, 2.75) is 39.0 Å². The van der Waals surface area contributed by atoms with Crippen molar-refractivity contribution < 1.29 is 10.5 Å². The number of benzene rings is 1. The maximum absolute atomic E-state index is 6.00. The lowest BCUT2D eigenvalue weighted by molar-refractivity contribution is -0.176. The van der Waals surface area contributed by atoms with Crippen LogP contribution in [0.5, 0.6) is 0 Å². The van der Waals surface area contributed by atoms with Gasteiger partial charge in [-0.3, -0.25) is 10.5 Å². The molecule has 2 heteroatoms. The lowest BCUT2D eigenvalue weighted by atomic mass is 9.92. The molecule has 0 bridgehead atoms. The van der Waals surface area contributed by atoms with Gasteiger partial charge < -0.3 is 0 Å². The van der Waals surface area contributed by atoms with Crippen LogP contribution in [-0.4, -0.2) is 10.5 Å². The first-order valence-electron chi connectivity index (χ1n) is 5.13. The molecule has 0 radical (unpaired) electrons. The first kappa shape index (κ1) is 13.1. The van der Waals surface area contributed by atoms with Gasteiger partial charge >= 0.3 is 0 Å². The third-order valence-electron chi connectivity index (χ3n) is 2.40. The summed E-state index contributed by atoms with van der Waals surface area (Å²) in [4.78, 5) is 0. The van der Waals surface area contributed by atoms with Gasteiger partial charge in [-0.2, -0.15) is 0 Å². The standard InChI is InChI=1S/C12H18.H2O2/c1-3-8-11(4-2)12-9-6-5-7-10-12;1-2/h5-7,9-11H,3-4,8H2,1-2H3;1-2H. The van der Waals surface area contributed by atoms with Gasteiger partial charge in [0.05, 0.1) is 0 Å². The van der Waals surface area contributed by atoms with E-state index in [0.717, 1.165) is 5.92 Å². The van der Waals surface area contributed by atoms with Crippen LogP contribution in [0.1, 0.15) is 44.6 Å². The summed E-state index contributed by atoms with van der Waals surface area (Å²) >= 11 is 0. The summed E-state index contributed by atoms with van der Waals surface area (Å²) in [6.07, 6.45) is 3.87. The fourth-order valence-electron chi connectivity index (χ4n) is 1.68. The molecule has 0 fully saturated rings. The Balaban J connectivity index is 0.000000791. The van der Waals surface area contributed by atoms with Gasteiger partial charge in [0.1, 0.15) is 0 Å². The van der Waals surface area contributed by atoms with E-state index in [1.165, 1.54) is 24.8 Å². The summed E-state index contributed by atoms with van der Waals surface area (Å²) in [5.41, 5.74) is 1.50. The Morgan fingerprint density at radius 1 is 1.07 bits per heavy atom. The smallest absolute Gasteiger partial charge is 0.0165 e. The first-order chi connectivity index (χ1) is 6.88. The normalized spacial score (nSPS) is 11.4. The molecule has 0 amide bonds. The molecule has 0 aliphatic heterocycles. The number of hydrogen-bond acceptors (Lipinski definition) is 2. The summed E-state index contributed by atoms with van der Waals surface area (Å²) in [5.74, 6) is 0.774. The van der Waals surface area contributed by atoms with E-state index in [0.29, 0.717) is 0 Å². The van der Waals surface area contributed by atoms with Crippen LogP contribution in [0.25, 0.3) is 0 Å². The second kappa shape index (κ2) is 8.73. The Labute approximate surface area is 86.1 Å². The Kier molecular flexibility index (Phi) is 8.19. The van der Waals surface area contributed by atoms with Crippen LogP contribution in [0.4, 0.5) is 0 Å². The van der Waals surface area contributed by atoms with Crippen molar-refractivity contribution in [3.8, 4) is 0 Å². The highest BCUT2D eigenvalue weighted by Crippen LogP contribution is 2.23. The molecule has 0 aliphatic rings. The van der Waals surface area contributed by atoms with Crippen molar-refractivity contribution in [1.82, 2.24) is 0 Å². The average molecular weight is 196 g/mol. The van der Waals surface area contributed by atoms with Gasteiger partial charge in [-0.25, -0.2) is 0 Å². The SMILES string of the molecule is CCCC(CC)c1ccccc1.OO. The van der Waals surface area contributed by atoms with Gasteiger partial charge in [-0.05, 0) is 24.3 Å². The van der Waals surface area contributed by atoms with Crippen molar-refractivity contribution >= 4 is 0 Å². The van der Waals surface area contributed by atoms with Crippen LogP contribution in [0.3, 0.4) is 0 Å². The van der Waals surface area contributed by atoms with Crippen LogP contribution in [0, 0.1) is 0 Å². The molecule has 1 unspecified atom stereocenters. The van der Waals surface area contributed by atoms with Crippen molar-refractivity contribution in [2.24, 2.45) is 0 Å². The van der Waals surface area contributed by atoms with Crippen LogP contribution >= 0.6 is 0 Å². The van der Waals surface area contributed by atoms with Crippen molar-refractivity contribution in [1.29, 1.82) is 0 Å². The molecule has 2 N–H and O–H groups in total. The summed E-state index contributed by atoms with van der Waals surface area (Å²) in [6.45, 7) is 4.53. The molecule has 0 aliphatic carbocycles. The van der Waals surface area contributed by atoms with Gasteiger partial charge in [0.25, 0.3) is 0 Å². The molecule has 0 heterocycles. The van der Waals surface area contributed by atoms with Gasteiger partial charge in [-0.15, -0.1) is 0 Å². The molecule has 1 atom stereocenters. The Morgan fingerprint density at radius 2 is 1.64 bits per heavy atom. The Hall–Kier alpha value is -0.860. The molecule has 1 aromatic carbocycles. The summed E-state index contributed by atoms with van der Waals surface area (Å²) in [6, 6.07) is 10.8. The molecule has 0 aromatic heterocycles. The second-order valence-electron chi connectivity index (χ2n) is 3.30. The minimum absolute atomic E-state index is 0.774. The van der Waals surface area contributed by atoms with E-state index < -0.39 is 0 Å². The van der Waals surface area contributed by atoms with E-state index >= 15 is 0 Å². The van der Waals surface area contributed by atoms with Crippen LogP contribution < -0.4 is 0 Å². The predicted octanol–water partition coefficient (Wildman–Crippen LogP) is 4.00.